The highest BCUT2D eigenvalue weighted by atomic mass is 16.5. The Labute approximate surface area is 189 Å². The molecule has 0 spiro atoms. The van der Waals surface area contributed by atoms with Crippen LogP contribution in [-0.4, -0.2) is 25.2 Å². The molecule has 0 aliphatic carbocycles. The van der Waals surface area contributed by atoms with Crippen molar-refractivity contribution in [3.8, 4) is 17.1 Å². The zero-order valence-corrected chi connectivity index (χ0v) is 19.1. The Morgan fingerprint density at radius 1 is 0.906 bits per heavy atom. The number of pyridine rings is 1. The van der Waals surface area contributed by atoms with E-state index in [1.165, 1.54) is 11.1 Å². The van der Waals surface area contributed by atoms with Crippen LogP contribution in [0.1, 0.15) is 50.4 Å². The minimum absolute atomic E-state index is 0.0445. The summed E-state index contributed by atoms with van der Waals surface area (Å²) in [6, 6.07) is 22.8. The van der Waals surface area contributed by atoms with Crippen LogP contribution in [-0.2, 0) is 13.2 Å². The molecule has 0 bridgehead atoms. The van der Waals surface area contributed by atoms with Crippen LogP contribution >= 0.6 is 0 Å². The molecule has 0 amide bonds. The van der Waals surface area contributed by atoms with Gasteiger partial charge < -0.3 is 4.74 Å². The average molecular weight is 428 g/mol. The van der Waals surface area contributed by atoms with Crippen molar-refractivity contribution >= 4 is 0 Å². The lowest BCUT2D eigenvalue weighted by Gasteiger charge is -2.32. The SMILES string of the molecule is CCn1nnnc1-c1ccc(C(c2ccc(OCc3ccccn3)cc2)C(C)(C)C)cc1. The van der Waals surface area contributed by atoms with Crippen molar-refractivity contribution < 1.29 is 4.74 Å². The van der Waals surface area contributed by atoms with E-state index < -0.39 is 0 Å². The van der Waals surface area contributed by atoms with Crippen LogP contribution in [0.15, 0.2) is 72.9 Å². The number of benzene rings is 2. The molecule has 0 N–H and O–H groups in total. The molecule has 2 aromatic heterocycles. The molecule has 1 unspecified atom stereocenters. The number of aromatic nitrogens is 5. The molecule has 164 valence electrons. The average Bonchev–Trinajstić information content (AvgIpc) is 3.28. The summed E-state index contributed by atoms with van der Waals surface area (Å²) < 4.78 is 7.72. The molecule has 6 nitrogen and oxygen atoms in total. The molecule has 2 heterocycles. The standard InChI is InChI=1S/C26H29N5O/c1-5-31-25(28-29-30-31)21-11-9-19(10-12-21)24(26(2,3)4)20-13-15-23(16-14-20)32-18-22-8-6-7-17-27-22/h6-17,24H,5,18H2,1-4H3. The van der Waals surface area contributed by atoms with E-state index in [2.05, 4.69) is 77.7 Å². The van der Waals surface area contributed by atoms with Gasteiger partial charge in [0.1, 0.15) is 12.4 Å². The van der Waals surface area contributed by atoms with Crippen LogP contribution in [0, 0.1) is 5.41 Å². The molecular formula is C26H29N5O. The molecule has 0 saturated heterocycles. The van der Waals surface area contributed by atoms with Gasteiger partial charge in [0.25, 0.3) is 0 Å². The molecule has 0 radical (unpaired) electrons. The molecule has 4 rings (SSSR count). The normalized spacial score (nSPS) is 12.5. The van der Waals surface area contributed by atoms with Gasteiger partial charge in [0.15, 0.2) is 5.82 Å². The van der Waals surface area contributed by atoms with Crippen LogP contribution in [0.25, 0.3) is 11.4 Å². The maximum absolute atomic E-state index is 5.91. The van der Waals surface area contributed by atoms with Gasteiger partial charge in [0, 0.05) is 24.2 Å². The van der Waals surface area contributed by atoms with E-state index in [1.807, 2.05) is 37.3 Å². The van der Waals surface area contributed by atoms with Crippen LogP contribution in [0.5, 0.6) is 5.75 Å². The highest BCUT2D eigenvalue weighted by Crippen LogP contribution is 2.41. The van der Waals surface area contributed by atoms with Gasteiger partial charge >= 0.3 is 0 Å². The van der Waals surface area contributed by atoms with Gasteiger partial charge in [-0.2, -0.15) is 0 Å². The van der Waals surface area contributed by atoms with Crippen molar-refractivity contribution in [1.82, 2.24) is 25.2 Å². The lowest BCUT2D eigenvalue weighted by molar-refractivity contribution is 0.301. The Morgan fingerprint density at radius 3 is 2.19 bits per heavy atom. The number of hydrogen-bond donors (Lipinski definition) is 0. The minimum Gasteiger partial charge on any atom is -0.487 e. The fraction of sp³-hybridized carbons (Fsp3) is 0.308. The first-order valence-electron chi connectivity index (χ1n) is 10.9. The second-order valence-electron chi connectivity index (χ2n) is 8.92. The molecular weight excluding hydrogens is 398 g/mol. The lowest BCUT2D eigenvalue weighted by Crippen LogP contribution is -2.19. The van der Waals surface area contributed by atoms with E-state index in [-0.39, 0.29) is 11.3 Å². The predicted octanol–water partition coefficient (Wildman–Crippen LogP) is 5.51. The summed E-state index contributed by atoms with van der Waals surface area (Å²) in [5, 5.41) is 12.0. The second kappa shape index (κ2) is 9.30. The zero-order chi connectivity index (χ0) is 22.6. The number of hydrogen-bond acceptors (Lipinski definition) is 5. The molecule has 6 heteroatoms. The summed E-state index contributed by atoms with van der Waals surface area (Å²) in [5.41, 5.74) is 4.50. The van der Waals surface area contributed by atoms with Gasteiger partial charge in [-0.1, -0.05) is 63.2 Å². The van der Waals surface area contributed by atoms with Crippen molar-refractivity contribution in [2.75, 3.05) is 0 Å². The van der Waals surface area contributed by atoms with Gasteiger partial charge in [-0.15, -0.1) is 5.10 Å². The van der Waals surface area contributed by atoms with E-state index in [0.29, 0.717) is 6.61 Å². The van der Waals surface area contributed by atoms with Gasteiger partial charge in [-0.25, -0.2) is 4.68 Å². The third-order valence-corrected chi connectivity index (χ3v) is 5.53. The Bertz CT molecular complexity index is 1130. The molecule has 0 aliphatic heterocycles. The van der Waals surface area contributed by atoms with Crippen LogP contribution in [0.3, 0.4) is 0 Å². The maximum Gasteiger partial charge on any atom is 0.181 e. The Balaban J connectivity index is 1.55. The summed E-state index contributed by atoms with van der Waals surface area (Å²) in [6.45, 7) is 10.1. The topological polar surface area (TPSA) is 65.7 Å². The molecule has 32 heavy (non-hydrogen) atoms. The highest BCUT2D eigenvalue weighted by molar-refractivity contribution is 5.56. The first-order chi connectivity index (χ1) is 15.5. The molecule has 0 fully saturated rings. The quantitative estimate of drug-likeness (QED) is 0.389. The van der Waals surface area contributed by atoms with Gasteiger partial charge in [0.05, 0.1) is 5.69 Å². The minimum atomic E-state index is 0.0445. The van der Waals surface area contributed by atoms with Crippen molar-refractivity contribution in [2.45, 2.75) is 46.8 Å². The lowest BCUT2D eigenvalue weighted by atomic mass is 9.72. The van der Waals surface area contributed by atoms with Gasteiger partial charge in [-0.05, 0) is 58.2 Å². The highest BCUT2D eigenvalue weighted by Gasteiger charge is 2.28. The van der Waals surface area contributed by atoms with Crippen LogP contribution in [0.4, 0.5) is 0 Å². The largest absolute Gasteiger partial charge is 0.487 e. The van der Waals surface area contributed by atoms with E-state index in [9.17, 15) is 0 Å². The van der Waals surface area contributed by atoms with Crippen molar-refractivity contribution in [1.29, 1.82) is 0 Å². The Hall–Kier alpha value is -3.54. The smallest absolute Gasteiger partial charge is 0.181 e. The van der Waals surface area contributed by atoms with Crippen molar-refractivity contribution in [3.63, 3.8) is 0 Å². The van der Waals surface area contributed by atoms with Crippen molar-refractivity contribution in [2.24, 2.45) is 5.41 Å². The first-order valence-corrected chi connectivity index (χ1v) is 10.9. The zero-order valence-electron chi connectivity index (χ0n) is 19.1. The molecule has 4 aromatic rings. The summed E-state index contributed by atoms with van der Waals surface area (Å²) >= 11 is 0. The second-order valence-corrected chi connectivity index (χ2v) is 8.92. The van der Waals surface area contributed by atoms with E-state index in [4.69, 9.17) is 4.74 Å². The van der Waals surface area contributed by atoms with Gasteiger partial charge in [-0.3, -0.25) is 4.98 Å². The number of nitrogens with zero attached hydrogens (tertiary/aromatic N) is 5. The fourth-order valence-electron chi connectivity index (χ4n) is 4.04. The predicted molar refractivity (Wildman–Crippen MR) is 125 cm³/mol. The summed E-state index contributed by atoms with van der Waals surface area (Å²) in [5.74, 6) is 1.87. The third-order valence-electron chi connectivity index (χ3n) is 5.53. The number of tetrazole rings is 1. The summed E-state index contributed by atoms with van der Waals surface area (Å²) in [4.78, 5) is 4.31. The molecule has 0 aliphatic rings. The van der Waals surface area contributed by atoms with E-state index >= 15 is 0 Å². The molecule has 1 atom stereocenters. The van der Waals surface area contributed by atoms with Crippen molar-refractivity contribution in [3.05, 3.63) is 89.7 Å². The van der Waals surface area contributed by atoms with Gasteiger partial charge in [0.2, 0.25) is 0 Å². The Kier molecular flexibility index (Phi) is 6.30. The third kappa shape index (κ3) is 4.85. The van der Waals surface area contributed by atoms with Crippen LogP contribution in [0.2, 0.25) is 0 Å². The van der Waals surface area contributed by atoms with E-state index in [0.717, 1.165) is 29.4 Å². The monoisotopic (exact) mass is 427 g/mol. The first kappa shape index (κ1) is 21.7. The number of aryl methyl sites for hydroxylation is 1. The summed E-state index contributed by atoms with van der Waals surface area (Å²) in [7, 11) is 0. The van der Waals surface area contributed by atoms with E-state index in [1.54, 1.807) is 10.9 Å². The molecule has 2 aromatic carbocycles. The Morgan fingerprint density at radius 2 is 1.59 bits per heavy atom. The number of ether oxygens (including phenoxy) is 1. The number of rotatable bonds is 7. The van der Waals surface area contributed by atoms with Crippen LogP contribution < -0.4 is 4.74 Å². The summed E-state index contributed by atoms with van der Waals surface area (Å²) in [6.07, 6.45) is 1.78. The maximum atomic E-state index is 5.91. The molecule has 0 saturated carbocycles. The fourth-order valence-corrected chi connectivity index (χ4v) is 4.04.